The average Bonchev–Trinajstić information content (AvgIpc) is 2.33. The van der Waals surface area contributed by atoms with Gasteiger partial charge in [0.1, 0.15) is 0 Å². The van der Waals surface area contributed by atoms with Gasteiger partial charge in [0.25, 0.3) is 0 Å². The van der Waals surface area contributed by atoms with Crippen molar-refractivity contribution in [2.45, 2.75) is 71.6 Å². The molecule has 3 atom stereocenters. The molecule has 0 amide bonds. The molecule has 0 aromatic rings. The molecule has 1 N–H and O–H groups in total. The van der Waals surface area contributed by atoms with Crippen LogP contribution in [-0.2, 0) is 9.47 Å². The second-order valence-corrected chi connectivity index (χ2v) is 5.81. The van der Waals surface area contributed by atoms with Crippen molar-refractivity contribution in [2.24, 2.45) is 5.92 Å². The summed E-state index contributed by atoms with van der Waals surface area (Å²) >= 11 is 0. The highest BCUT2D eigenvalue weighted by atomic mass is 16.5. The molecule has 3 nitrogen and oxygen atoms in total. The number of ether oxygens (including phenoxy) is 2. The summed E-state index contributed by atoms with van der Waals surface area (Å²) in [5.74, 6) is 0.792. The Bertz CT molecular complexity index is 207. The van der Waals surface area contributed by atoms with Gasteiger partial charge in [0.05, 0.1) is 25.4 Å². The minimum Gasteiger partial charge on any atom is -0.376 e. The lowest BCUT2D eigenvalue weighted by Crippen LogP contribution is -2.46. The lowest BCUT2D eigenvalue weighted by atomic mass is 9.85. The maximum atomic E-state index is 6.03. The van der Waals surface area contributed by atoms with E-state index in [0.717, 1.165) is 19.1 Å². The van der Waals surface area contributed by atoms with E-state index in [1.165, 1.54) is 25.7 Å². The van der Waals surface area contributed by atoms with Gasteiger partial charge >= 0.3 is 0 Å². The molecule has 0 heterocycles. The molecule has 18 heavy (non-hydrogen) atoms. The summed E-state index contributed by atoms with van der Waals surface area (Å²) in [4.78, 5) is 0. The van der Waals surface area contributed by atoms with Gasteiger partial charge < -0.3 is 14.8 Å². The Morgan fingerprint density at radius 2 is 2.00 bits per heavy atom. The zero-order chi connectivity index (χ0) is 13.4. The van der Waals surface area contributed by atoms with E-state index >= 15 is 0 Å². The molecule has 1 aliphatic carbocycles. The third-order valence-electron chi connectivity index (χ3n) is 3.58. The fraction of sp³-hybridized carbons (Fsp3) is 1.00. The van der Waals surface area contributed by atoms with Crippen LogP contribution in [0.1, 0.15) is 53.4 Å². The molecule has 3 unspecified atom stereocenters. The molecule has 0 aromatic heterocycles. The van der Waals surface area contributed by atoms with Crippen molar-refractivity contribution in [2.75, 3.05) is 19.8 Å². The van der Waals surface area contributed by atoms with Crippen molar-refractivity contribution in [1.29, 1.82) is 0 Å². The summed E-state index contributed by atoms with van der Waals surface area (Å²) < 4.78 is 11.6. The molecule has 0 saturated heterocycles. The van der Waals surface area contributed by atoms with Crippen molar-refractivity contribution in [3.8, 4) is 0 Å². The predicted molar refractivity (Wildman–Crippen MR) is 75.9 cm³/mol. The van der Waals surface area contributed by atoms with E-state index in [1.807, 2.05) is 0 Å². The van der Waals surface area contributed by atoms with E-state index in [-0.39, 0.29) is 0 Å². The maximum absolute atomic E-state index is 6.03. The van der Waals surface area contributed by atoms with E-state index in [4.69, 9.17) is 9.47 Å². The van der Waals surface area contributed by atoms with Crippen molar-refractivity contribution >= 4 is 0 Å². The second-order valence-electron chi connectivity index (χ2n) is 5.81. The summed E-state index contributed by atoms with van der Waals surface area (Å²) in [5.41, 5.74) is 0. The fourth-order valence-electron chi connectivity index (χ4n) is 2.56. The molecule has 3 heteroatoms. The third kappa shape index (κ3) is 6.17. The molecule has 0 aliphatic heterocycles. The van der Waals surface area contributed by atoms with Crippen LogP contribution in [0.15, 0.2) is 0 Å². The zero-order valence-corrected chi connectivity index (χ0v) is 12.6. The van der Waals surface area contributed by atoms with Crippen molar-refractivity contribution < 1.29 is 9.47 Å². The molecular weight excluding hydrogens is 226 g/mol. The van der Waals surface area contributed by atoms with E-state index in [2.05, 4.69) is 33.0 Å². The van der Waals surface area contributed by atoms with Crippen LogP contribution in [0.5, 0.6) is 0 Å². The first kappa shape index (κ1) is 15.9. The zero-order valence-electron chi connectivity index (χ0n) is 12.6. The normalized spacial score (nSPS) is 28.8. The Labute approximate surface area is 113 Å². The summed E-state index contributed by atoms with van der Waals surface area (Å²) in [5, 5.41) is 3.63. The summed E-state index contributed by atoms with van der Waals surface area (Å²) in [6.07, 6.45) is 5.61. The van der Waals surface area contributed by atoms with E-state index in [1.54, 1.807) is 0 Å². The van der Waals surface area contributed by atoms with Crippen LogP contribution < -0.4 is 5.32 Å². The number of hydrogen-bond acceptors (Lipinski definition) is 3. The number of rotatable bonds is 8. The molecule has 1 fully saturated rings. The monoisotopic (exact) mass is 257 g/mol. The topological polar surface area (TPSA) is 30.5 Å². The molecule has 1 saturated carbocycles. The van der Waals surface area contributed by atoms with Crippen LogP contribution in [0.3, 0.4) is 0 Å². The molecule has 1 rings (SSSR count). The van der Waals surface area contributed by atoms with Crippen LogP contribution >= 0.6 is 0 Å². The van der Waals surface area contributed by atoms with E-state index in [9.17, 15) is 0 Å². The van der Waals surface area contributed by atoms with Gasteiger partial charge in [-0.25, -0.2) is 0 Å². The first-order chi connectivity index (χ1) is 8.63. The molecule has 108 valence electrons. The Kier molecular flexibility index (Phi) is 7.87. The Hall–Kier alpha value is -0.120. The fourth-order valence-corrected chi connectivity index (χ4v) is 2.56. The highest BCUT2D eigenvalue weighted by Gasteiger charge is 2.28. The maximum Gasteiger partial charge on any atom is 0.0731 e. The first-order valence-electron chi connectivity index (χ1n) is 7.60. The van der Waals surface area contributed by atoms with Crippen LogP contribution in [0.25, 0.3) is 0 Å². The number of nitrogens with one attached hydrogen (secondary N) is 1. The van der Waals surface area contributed by atoms with Crippen LogP contribution in [0, 0.1) is 5.92 Å². The van der Waals surface area contributed by atoms with Crippen LogP contribution in [0.2, 0.25) is 0 Å². The number of hydrogen-bond donors (Lipinski definition) is 1. The summed E-state index contributed by atoms with van der Waals surface area (Å²) in [6, 6.07) is 0.542. The largest absolute Gasteiger partial charge is 0.376 e. The highest BCUT2D eigenvalue weighted by Crippen LogP contribution is 2.26. The molecule has 0 radical (unpaired) electrons. The van der Waals surface area contributed by atoms with Crippen LogP contribution in [0.4, 0.5) is 0 Å². The Balaban J connectivity index is 2.27. The second kappa shape index (κ2) is 8.89. The molecule has 1 aliphatic rings. The summed E-state index contributed by atoms with van der Waals surface area (Å²) in [6.45, 7) is 11.2. The van der Waals surface area contributed by atoms with Gasteiger partial charge in [-0.05, 0) is 52.0 Å². The highest BCUT2D eigenvalue weighted by molar-refractivity contribution is 4.84. The minimum absolute atomic E-state index is 0.299. The molecule has 0 spiro atoms. The molecule has 0 aromatic carbocycles. The smallest absolute Gasteiger partial charge is 0.0731 e. The Morgan fingerprint density at radius 1 is 1.22 bits per heavy atom. The van der Waals surface area contributed by atoms with Gasteiger partial charge in [-0.1, -0.05) is 13.8 Å². The van der Waals surface area contributed by atoms with Gasteiger partial charge in [0, 0.05) is 6.04 Å². The average molecular weight is 257 g/mol. The first-order valence-corrected chi connectivity index (χ1v) is 7.60. The third-order valence-corrected chi connectivity index (χ3v) is 3.58. The van der Waals surface area contributed by atoms with Gasteiger partial charge in [0.15, 0.2) is 0 Å². The standard InChI is InChI=1S/C15H31NO2/c1-5-8-16-14-7-6-13(4)11-15(14)18-10-9-17-12(2)3/h12-16H,5-11H2,1-4H3. The predicted octanol–water partition coefficient (Wildman–Crippen LogP) is 2.98. The van der Waals surface area contributed by atoms with Crippen molar-refractivity contribution in [3.05, 3.63) is 0 Å². The van der Waals surface area contributed by atoms with Gasteiger partial charge in [-0.3, -0.25) is 0 Å². The Morgan fingerprint density at radius 3 is 2.67 bits per heavy atom. The molecule has 0 bridgehead atoms. The lowest BCUT2D eigenvalue weighted by molar-refractivity contribution is -0.0439. The van der Waals surface area contributed by atoms with E-state index in [0.29, 0.717) is 24.9 Å². The van der Waals surface area contributed by atoms with Gasteiger partial charge in [-0.15, -0.1) is 0 Å². The van der Waals surface area contributed by atoms with Crippen molar-refractivity contribution in [1.82, 2.24) is 5.32 Å². The van der Waals surface area contributed by atoms with Gasteiger partial charge in [-0.2, -0.15) is 0 Å². The van der Waals surface area contributed by atoms with Crippen LogP contribution in [-0.4, -0.2) is 38.0 Å². The SMILES string of the molecule is CCCNC1CCC(C)CC1OCCOC(C)C. The lowest BCUT2D eigenvalue weighted by Gasteiger charge is -2.35. The quantitative estimate of drug-likeness (QED) is 0.678. The van der Waals surface area contributed by atoms with E-state index < -0.39 is 0 Å². The summed E-state index contributed by atoms with van der Waals surface area (Å²) in [7, 11) is 0. The molecular formula is C15H31NO2. The van der Waals surface area contributed by atoms with Crippen molar-refractivity contribution in [3.63, 3.8) is 0 Å². The minimum atomic E-state index is 0.299. The van der Waals surface area contributed by atoms with Gasteiger partial charge in [0.2, 0.25) is 0 Å².